The van der Waals surface area contributed by atoms with Crippen LogP contribution in [0.4, 0.5) is 0 Å². The summed E-state index contributed by atoms with van der Waals surface area (Å²) >= 11 is 0. The van der Waals surface area contributed by atoms with Gasteiger partial charge in [-0.3, -0.25) is 0 Å². The van der Waals surface area contributed by atoms with Crippen molar-refractivity contribution in [3.63, 3.8) is 0 Å². The highest BCUT2D eigenvalue weighted by atomic mass is 15.1. The summed E-state index contributed by atoms with van der Waals surface area (Å²) < 4.78 is 0. The van der Waals surface area contributed by atoms with Crippen LogP contribution in [0.15, 0.2) is 0 Å². The van der Waals surface area contributed by atoms with Crippen molar-refractivity contribution in [2.24, 2.45) is 5.92 Å². The van der Waals surface area contributed by atoms with Gasteiger partial charge in [-0.2, -0.15) is 0 Å². The van der Waals surface area contributed by atoms with Gasteiger partial charge in [-0.25, -0.2) is 0 Å². The molecule has 0 aromatic heterocycles. The van der Waals surface area contributed by atoms with Crippen LogP contribution < -0.4 is 10.6 Å². The Morgan fingerprint density at radius 2 is 1.93 bits per heavy atom. The van der Waals surface area contributed by atoms with E-state index in [9.17, 15) is 0 Å². The maximum absolute atomic E-state index is 3.50. The van der Waals surface area contributed by atoms with Crippen molar-refractivity contribution in [1.82, 2.24) is 15.5 Å². The summed E-state index contributed by atoms with van der Waals surface area (Å²) in [7, 11) is 0. The van der Waals surface area contributed by atoms with Crippen molar-refractivity contribution in [2.75, 3.05) is 45.8 Å². The molecule has 2 aliphatic heterocycles. The smallest absolute Gasteiger partial charge is 0.0107 e. The highest BCUT2D eigenvalue weighted by Gasteiger charge is 2.15. The average Bonchev–Trinajstić information content (AvgIpc) is 2.56. The fraction of sp³-hybridized carbons (Fsp3) is 1.00. The van der Waals surface area contributed by atoms with E-state index in [-0.39, 0.29) is 0 Å². The molecule has 0 bridgehead atoms. The molecule has 2 N–H and O–H groups in total. The molecule has 2 rings (SSSR count). The molecule has 15 heavy (non-hydrogen) atoms. The number of hydrogen-bond acceptors (Lipinski definition) is 3. The van der Waals surface area contributed by atoms with Crippen molar-refractivity contribution < 1.29 is 0 Å². The monoisotopic (exact) mass is 211 g/mol. The Morgan fingerprint density at radius 1 is 1.00 bits per heavy atom. The molecule has 0 aromatic rings. The van der Waals surface area contributed by atoms with E-state index >= 15 is 0 Å². The van der Waals surface area contributed by atoms with Crippen LogP contribution in [0.2, 0.25) is 0 Å². The summed E-state index contributed by atoms with van der Waals surface area (Å²) in [5.74, 6) is 0.940. The molecule has 1 unspecified atom stereocenters. The summed E-state index contributed by atoms with van der Waals surface area (Å²) in [4.78, 5) is 2.63. The van der Waals surface area contributed by atoms with Crippen LogP contribution >= 0.6 is 0 Å². The zero-order valence-corrected chi connectivity index (χ0v) is 9.80. The second-order valence-corrected chi connectivity index (χ2v) is 4.95. The zero-order valence-electron chi connectivity index (χ0n) is 9.80. The van der Waals surface area contributed by atoms with Gasteiger partial charge in [0.25, 0.3) is 0 Å². The lowest BCUT2D eigenvalue weighted by atomic mass is 9.96. The van der Waals surface area contributed by atoms with E-state index < -0.39 is 0 Å². The summed E-state index contributed by atoms with van der Waals surface area (Å²) in [6.45, 7) is 8.75. The van der Waals surface area contributed by atoms with Crippen LogP contribution in [0.3, 0.4) is 0 Å². The maximum atomic E-state index is 3.50. The van der Waals surface area contributed by atoms with Crippen LogP contribution in [0, 0.1) is 5.92 Å². The topological polar surface area (TPSA) is 27.3 Å². The lowest BCUT2D eigenvalue weighted by Gasteiger charge is -2.26. The third-order valence-corrected chi connectivity index (χ3v) is 3.69. The molecule has 0 amide bonds. The Kier molecular flexibility index (Phi) is 4.90. The van der Waals surface area contributed by atoms with E-state index in [4.69, 9.17) is 0 Å². The Balaban J connectivity index is 1.62. The standard InChI is InChI=1S/C12H25N3/c1-3-12(11-14-5-1)4-9-15-8-2-6-13-7-10-15/h12-14H,1-11H2. The maximum Gasteiger partial charge on any atom is 0.0107 e. The molecule has 2 fully saturated rings. The average molecular weight is 211 g/mol. The molecule has 0 radical (unpaired) electrons. The van der Waals surface area contributed by atoms with Gasteiger partial charge < -0.3 is 15.5 Å². The van der Waals surface area contributed by atoms with E-state index in [1.165, 1.54) is 71.5 Å². The normalized spacial score (nSPS) is 30.0. The van der Waals surface area contributed by atoms with Crippen molar-refractivity contribution in [3.8, 4) is 0 Å². The van der Waals surface area contributed by atoms with Crippen LogP contribution in [0.1, 0.15) is 25.7 Å². The Hall–Kier alpha value is -0.120. The minimum absolute atomic E-state index is 0.940. The highest BCUT2D eigenvalue weighted by molar-refractivity contribution is 4.72. The van der Waals surface area contributed by atoms with Crippen LogP contribution in [-0.4, -0.2) is 50.7 Å². The first-order valence-corrected chi connectivity index (χ1v) is 6.59. The van der Waals surface area contributed by atoms with Gasteiger partial charge in [0.15, 0.2) is 0 Å². The minimum atomic E-state index is 0.940. The lowest BCUT2D eigenvalue weighted by Crippen LogP contribution is -2.34. The van der Waals surface area contributed by atoms with Crippen molar-refractivity contribution in [1.29, 1.82) is 0 Å². The molecule has 2 aliphatic rings. The molecule has 0 saturated carbocycles. The Bertz CT molecular complexity index is 158. The molecule has 0 aromatic carbocycles. The summed E-state index contributed by atoms with van der Waals surface area (Å²) in [5.41, 5.74) is 0. The third-order valence-electron chi connectivity index (χ3n) is 3.69. The van der Waals surface area contributed by atoms with Crippen molar-refractivity contribution >= 4 is 0 Å². The van der Waals surface area contributed by atoms with Gasteiger partial charge in [-0.05, 0) is 64.3 Å². The summed E-state index contributed by atoms with van der Waals surface area (Å²) in [6.07, 6.45) is 5.54. The van der Waals surface area contributed by atoms with E-state index in [1.54, 1.807) is 0 Å². The lowest BCUT2D eigenvalue weighted by molar-refractivity contribution is 0.248. The number of piperidine rings is 1. The van der Waals surface area contributed by atoms with E-state index in [0.717, 1.165) is 5.92 Å². The fourth-order valence-corrected chi connectivity index (χ4v) is 2.66. The summed E-state index contributed by atoms with van der Waals surface area (Å²) in [5, 5.41) is 6.97. The van der Waals surface area contributed by atoms with Crippen LogP contribution in [-0.2, 0) is 0 Å². The number of nitrogens with zero attached hydrogens (tertiary/aromatic N) is 1. The molecular weight excluding hydrogens is 186 g/mol. The molecule has 0 spiro atoms. The zero-order chi connectivity index (χ0) is 10.3. The van der Waals surface area contributed by atoms with Gasteiger partial charge in [0, 0.05) is 13.1 Å². The largest absolute Gasteiger partial charge is 0.316 e. The fourth-order valence-electron chi connectivity index (χ4n) is 2.66. The summed E-state index contributed by atoms with van der Waals surface area (Å²) in [6, 6.07) is 0. The quantitative estimate of drug-likeness (QED) is 0.718. The molecule has 3 heteroatoms. The molecule has 3 nitrogen and oxygen atoms in total. The Labute approximate surface area is 93.6 Å². The van der Waals surface area contributed by atoms with Crippen molar-refractivity contribution in [3.05, 3.63) is 0 Å². The van der Waals surface area contributed by atoms with E-state index in [1.807, 2.05) is 0 Å². The SMILES string of the molecule is C1CNCC(CCN2CCCNCC2)C1. The molecule has 2 saturated heterocycles. The molecule has 2 heterocycles. The van der Waals surface area contributed by atoms with Gasteiger partial charge in [0.2, 0.25) is 0 Å². The van der Waals surface area contributed by atoms with Crippen LogP contribution in [0.25, 0.3) is 0 Å². The number of hydrogen-bond donors (Lipinski definition) is 2. The first-order chi connectivity index (χ1) is 7.45. The predicted molar refractivity (Wildman–Crippen MR) is 64.1 cm³/mol. The third kappa shape index (κ3) is 4.09. The first kappa shape index (κ1) is 11.4. The second kappa shape index (κ2) is 6.46. The van der Waals surface area contributed by atoms with Gasteiger partial charge >= 0.3 is 0 Å². The van der Waals surface area contributed by atoms with Gasteiger partial charge in [-0.1, -0.05) is 0 Å². The Morgan fingerprint density at radius 3 is 2.80 bits per heavy atom. The second-order valence-electron chi connectivity index (χ2n) is 4.95. The van der Waals surface area contributed by atoms with E-state index in [0.29, 0.717) is 0 Å². The number of rotatable bonds is 3. The van der Waals surface area contributed by atoms with Gasteiger partial charge in [0.05, 0.1) is 0 Å². The first-order valence-electron chi connectivity index (χ1n) is 6.59. The minimum Gasteiger partial charge on any atom is -0.316 e. The van der Waals surface area contributed by atoms with Gasteiger partial charge in [-0.15, -0.1) is 0 Å². The van der Waals surface area contributed by atoms with Crippen molar-refractivity contribution in [2.45, 2.75) is 25.7 Å². The number of nitrogens with one attached hydrogen (secondary N) is 2. The molecule has 0 aliphatic carbocycles. The van der Waals surface area contributed by atoms with E-state index in [2.05, 4.69) is 15.5 Å². The van der Waals surface area contributed by atoms with Crippen LogP contribution in [0.5, 0.6) is 0 Å². The highest BCUT2D eigenvalue weighted by Crippen LogP contribution is 2.14. The molecular formula is C12H25N3. The molecule has 1 atom stereocenters. The van der Waals surface area contributed by atoms with Gasteiger partial charge in [0.1, 0.15) is 0 Å². The molecule has 88 valence electrons. The predicted octanol–water partition coefficient (Wildman–Crippen LogP) is 0.671.